The van der Waals surface area contributed by atoms with Gasteiger partial charge in [-0.15, -0.1) is 0 Å². The summed E-state index contributed by atoms with van der Waals surface area (Å²) in [6.45, 7) is 8.17. The first kappa shape index (κ1) is 14.3. The van der Waals surface area contributed by atoms with Gasteiger partial charge in [0.05, 0.1) is 0 Å². The Morgan fingerprint density at radius 3 is 2.10 bits per heavy atom. The van der Waals surface area contributed by atoms with Crippen LogP contribution in [0.25, 0.3) is 0 Å². The Kier molecular flexibility index (Phi) is 3.93. The zero-order chi connectivity index (χ0) is 14.9. The van der Waals surface area contributed by atoms with Crippen molar-refractivity contribution in [3.05, 3.63) is 63.7 Å². The zero-order valence-electron chi connectivity index (χ0n) is 12.8. The number of anilines is 1. The number of nitrogens with one attached hydrogen (secondary N) is 1. The Bertz CT molecular complexity index is 645. The lowest BCUT2D eigenvalue weighted by molar-refractivity contribution is 0.103. The van der Waals surface area contributed by atoms with Crippen molar-refractivity contribution in [2.75, 3.05) is 12.4 Å². The van der Waals surface area contributed by atoms with E-state index in [4.69, 9.17) is 0 Å². The van der Waals surface area contributed by atoms with Crippen LogP contribution in [0.1, 0.15) is 38.2 Å². The summed E-state index contributed by atoms with van der Waals surface area (Å²) in [6.07, 6.45) is 0. The predicted octanol–water partition coefficient (Wildman–Crippen LogP) is 4.19. The third-order valence-corrected chi connectivity index (χ3v) is 4.01. The summed E-state index contributed by atoms with van der Waals surface area (Å²) in [5.74, 6) is 0.101. The molecule has 0 aliphatic heterocycles. The van der Waals surface area contributed by atoms with Gasteiger partial charge in [-0.05, 0) is 62.1 Å². The Hall–Kier alpha value is -2.09. The van der Waals surface area contributed by atoms with Crippen LogP contribution < -0.4 is 5.32 Å². The molecule has 0 aliphatic rings. The summed E-state index contributed by atoms with van der Waals surface area (Å²) in [7, 11) is 1.86. The van der Waals surface area contributed by atoms with Crippen molar-refractivity contribution in [2.24, 2.45) is 0 Å². The lowest BCUT2D eigenvalue weighted by atomic mass is 9.89. The minimum absolute atomic E-state index is 0.101. The number of carbonyl (C=O) groups is 1. The van der Waals surface area contributed by atoms with Crippen LogP contribution >= 0.6 is 0 Å². The Labute approximate surface area is 120 Å². The molecule has 0 fully saturated rings. The number of aryl methyl sites for hydroxylation is 2. The first-order chi connectivity index (χ1) is 9.45. The molecule has 0 spiro atoms. The first-order valence-electron chi connectivity index (χ1n) is 6.85. The van der Waals surface area contributed by atoms with Crippen LogP contribution in [0.3, 0.4) is 0 Å². The fourth-order valence-corrected chi connectivity index (χ4v) is 2.52. The number of benzene rings is 2. The maximum Gasteiger partial charge on any atom is 0.193 e. The van der Waals surface area contributed by atoms with Gasteiger partial charge in [0.15, 0.2) is 5.78 Å². The van der Waals surface area contributed by atoms with E-state index < -0.39 is 0 Å². The largest absolute Gasteiger partial charge is 0.388 e. The van der Waals surface area contributed by atoms with Crippen molar-refractivity contribution in [1.29, 1.82) is 0 Å². The SMILES string of the molecule is CNc1cccc(C(=O)c2c(C)c(C)cc(C)c2C)c1. The Morgan fingerprint density at radius 1 is 0.950 bits per heavy atom. The number of hydrogen-bond donors (Lipinski definition) is 1. The van der Waals surface area contributed by atoms with Gasteiger partial charge in [0, 0.05) is 23.9 Å². The van der Waals surface area contributed by atoms with E-state index in [1.54, 1.807) is 0 Å². The van der Waals surface area contributed by atoms with Crippen LogP contribution in [0.4, 0.5) is 5.69 Å². The number of hydrogen-bond acceptors (Lipinski definition) is 2. The number of rotatable bonds is 3. The summed E-state index contributed by atoms with van der Waals surface area (Å²) in [4.78, 5) is 12.8. The van der Waals surface area contributed by atoms with E-state index in [2.05, 4.69) is 25.2 Å². The minimum atomic E-state index is 0.101. The third kappa shape index (κ3) is 2.46. The van der Waals surface area contributed by atoms with Crippen LogP contribution in [-0.4, -0.2) is 12.8 Å². The van der Waals surface area contributed by atoms with Crippen molar-refractivity contribution in [3.63, 3.8) is 0 Å². The van der Waals surface area contributed by atoms with Crippen molar-refractivity contribution in [2.45, 2.75) is 27.7 Å². The van der Waals surface area contributed by atoms with Gasteiger partial charge in [-0.3, -0.25) is 4.79 Å². The highest BCUT2D eigenvalue weighted by molar-refractivity contribution is 6.11. The summed E-state index contributed by atoms with van der Waals surface area (Å²) in [5, 5.41) is 3.07. The van der Waals surface area contributed by atoms with Crippen molar-refractivity contribution < 1.29 is 4.79 Å². The van der Waals surface area contributed by atoms with E-state index >= 15 is 0 Å². The molecule has 0 unspecified atom stereocenters. The first-order valence-corrected chi connectivity index (χ1v) is 6.85. The maximum absolute atomic E-state index is 12.8. The molecule has 2 aromatic carbocycles. The molecule has 0 saturated heterocycles. The van der Waals surface area contributed by atoms with Crippen LogP contribution in [0.5, 0.6) is 0 Å². The molecule has 0 radical (unpaired) electrons. The summed E-state index contributed by atoms with van der Waals surface area (Å²) in [6, 6.07) is 9.79. The molecule has 2 heteroatoms. The van der Waals surface area contributed by atoms with Gasteiger partial charge in [-0.25, -0.2) is 0 Å². The second-order valence-electron chi connectivity index (χ2n) is 5.30. The van der Waals surface area contributed by atoms with Crippen LogP contribution in [-0.2, 0) is 0 Å². The lowest BCUT2D eigenvalue weighted by Gasteiger charge is -2.14. The fraction of sp³-hybridized carbons (Fsp3) is 0.278. The highest BCUT2D eigenvalue weighted by Crippen LogP contribution is 2.25. The highest BCUT2D eigenvalue weighted by Gasteiger charge is 2.17. The molecule has 0 heterocycles. The molecule has 104 valence electrons. The summed E-state index contributed by atoms with van der Waals surface area (Å²) >= 11 is 0. The van der Waals surface area contributed by atoms with Crippen molar-refractivity contribution in [1.82, 2.24) is 0 Å². The molecule has 20 heavy (non-hydrogen) atoms. The van der Waals surface area contributed by atoms with Gasteiger partial charge in [0.1, 0.15) is 0 Å². The Balaban J connectivity index is 2.59. The number of ketones is 1. The molecule has 0 aliphatic carbocycles. The van der Waals surface area contributed by atoms with E-state index in [0.717, 1.165) is 27.9 Å². The molecule has 0 saturated carbocycles. The van der Waals surface area contributed by atoms with Gasteiger partial charge in [0.25, 0.3) is 0 Å². The molecule has 0 aromatic heterocycles. The fourth-order valence-electron chi connectivity index (χ4n) is 2.52. The second-order valence-corrected chi connectivity index (χ2v) is 5.30. The van der Waals surface area contributed by atoms with E-state index in [-0.39, 0.29) is 5.78 Å². The average molecular weight is 267 g/mol. The molecule has 0 atom stereocenters. The van der Waals surface area contributed by atoms with Crippen molar-refractivity contribution in [3.8, 4) is 0 Å². The smallest absolute Gasteiger partial charge is 0.193 e. The summed E-state index contributed by atoms with van der Waals surface area (Å²) < 4.78 is 0. The number of carbonyl (C=O) groups excluding carboxylic acids is 1. The molecular formula is C18H21NO. The van der Waals surface area contributed by atoms with Crippen LogP contribution in [0.2, 0.25) is 0 Å². The van der Waals surface area contributed by atoms with E-state index in [9.17, 15) is 4.79 Å². The van der Waals surface area contributed by atoms with Crippen LogP contribution in [0.15, 0.2) is 30.3 Å². The normalized spacial score (nSPS) is 10.4. The zero-order valence-corrected chi connectivity index (χ0v) is 12.8. The van der Waals surface area contributed by atoms with E-state index in [1.807, 2.05) is 45.2 Å². The lowest BCUT2D eigenvalue weighted by Crippen LogP contribution is -2.09. The Morgan fingerprint density at radius 2 is 1.55 bits per heavy atom. The summed E-state index contributed by atoms with van der Waals surface area (Å²) in [5.41, 5.74) is 7.02. The molecule has 0 bridgehead atoms. The standard InChI is InChI=1S/C18H21NO/c1-11-9-12(2)14(4)17(13(11)3)18(20)15-7-6-8-16(10-15)19-5/h6-10,19H,1-5H3. The molecule has 2 rings (SSSR count). The molecule has 2 aromatic rings. The molecule has 0 amide bonds. The van der Waals surface area contributed by atoms with Gasteiger partial charge >= 0.3 is 0 Å². The quantitative estimate of drug-likeness (QED) is 0.845. The predicted molar refractivity (Wildman–Crippen MR) is 84.8 cm³/mol. The molecule has 2 nitrogen and oxygen atoms in total. The molecule has 1 N–H and O–H groups in total. The third-order valence-electron chi connectivity index (χ3n) is 4.01. The monoisotopic (exact) mass is 267 g/mol. The van der Waals surface area contributed by atoms with Gasteiger partial charge in [-0.2, -0.15) is 0 Å². The van der Waals surface area contributed by atoms with Crippen LogP contribution in [0, 0.1) is 27.7 Å². The van der Waals surface area contributed by atoms with E-state index in [0.29, 0.717) is 0 Å². The van der Waals surface area contributed by atoms with Gasteiger partial charge in [0.2, 0.25) is 0 Å². The molecular weight excluding hydrogens is 246 g/mol. The van der Waals surface area contributed by atoms with E-state index in [1.165, 1.54) is 11.1 Å². The van der Waals surface area contributed by atoms with Crippen molar-refractivity contribution >= 4 is 11.5 Å². The maximum atomic E-state index is 12.8. The average Bonchev–Trinajstić information content (AvgIpc) is 2.45. The minimum Gasteiger partial charge on any atom is -0.388 e. The highest BCUT2D eigenvalue weighted by atomic mass is 16.1. The van der Waals surface area contributed by atoms with Gasteiger partial charge < -0.3 is 5.32 Å². The van der Waals surface area contributed by atoms with Gasteiger partial charge in [-0.1, -0.05) is 18.2 Å². The topological polar surface area (TPSA) is 29.1 Å². The second kappa shape index (κ2) is 5.49.